The van der Waals surface area contributed by atoms with E-state index in [1.807, 2.05) is 0 Å². The highest BCUT2D eigenvalue weighted by Crippen LogP contribution is 2.26. The van der Waals surface area contributed by atoms with E-state index < -0.39 is 9.85 Å². The first-order valence-corrected chi connectivity index (χ1v) is 5.23. The Kier molecular flexibility index (Phi) is 3.37. The molecule has 0 amide bonds. The molecule has 0 saturated heterocycles. The summed E-state index contributed by atoms with van der Waals surface area (Å²) in [5.74, 6) is 0.661. The van der Waals surface area contributed by atoms with E-state index >= 15 is 0 Å². The van der Waals surface area contributed by atoms with Crippen molar-refractivity contribution in [1.29, 1.82) is 0 Å². The number of nitro benzene ring substituents is 2. The van der Waals surface area contributed by atoms with Gasteiger partial charge >= 0.3 is 0 Å². The molecular formula is C12H8N2O5. The van der Waals surface area contributed by atoms with Crippen molar-refractivity contribution in [3.8, 4) is 11.5 Å². The van der Waals surface area contributed by atoms with E-state index in [1.165, 1.54) is 42.5 Å². The standard InChI is InChI=1S/C12H8N2O5/c15-13(16)9-4-6-11(7-5-9)19-12-3-1-2-10(8-12)14(17)18/h1-8H. The van der Waals surface area contributed by atoms with Crippen molar-refractivity contribution in [2.45, 2.75) is 0 Å². The number of nitrogens with zero attached hydrogens (tertiary/aromatic N) is 2. The zero-order valence-electron chi connectivity index (χ0n) is 9.55. The Morgan fingerprint density at radius 1 is 0.789 bits per heavy atom. The molecule has 0 aliphatic heterocycles. The van der Waals surface area contributed by atoms with E-state index in [4.69, 9.17) is 4.74 Å². The quantitative estimate of drug-likeness (QED) is 0.620. The summed E-state index contributed by atoms with van der Waals surface area (Å²) in [5.41, 5.74) is -0.134. The Labute approximate surface area is 107 Å². The van der Waals surface area contributed by atoms with Gasteiger partial charge in [0, 0.05) is 18.2 Å². The molecule has 0 aliphatic carbocycles. The fourth-order valence-electron chi connectivity index (χ4n) is 1.43. The highest BCUT2D eigenvalue weighted by molar-refractivity contribution is 5.42. The van der Waals surface area contributed by atoms with Crippen LogP contribution in [-0.4, -0.2) is 9.85 Å². The van der Waals surface area contributed by atoms with Crippen molar-refractivity contribution in [1.82, 2.24) is 0 Å². The first kappa shape index (κ1) is 12.5. The average Bonchev–Trinajstić information content (AvgIpc) is 2.39. The molecule has 0 spiro atoms. The summed E-state index contributed by atoms with van der Waals surface area (Å²) in [4.78, 5) is 20.0. The van der Waals surface area contributed by atoms with Gasteiger partial charge in [0.15, 0.2) is 0 Å². The number of rotatable bonds is 4. The third-order valence-corrected chi connectivity index (χ3v) is 2.31. The molecule has 19 heavy (non-hydrogen) atoms. The summed E-state index contributed by atoms with van der Waals surface area (Å²) < 4.78 is 5.38. The molecule has 96 valence electrons. The Hall–Kier alpha value is -2.96. The van der Waals surface area contributed by atoms with Crippen molar-refractivity contribution in [3.63, 3.8) is 0 Å². The maximum Gasteiger partial charge on any atom is 0.273 e. The first-order chi connectivity index (χ1) is 9.06. The number of benzene rings is 2. The van der Waals surface area contributed by atoms with Crippen LogP contribution >= 0.6 is 0 Å². The predicted molar refractivity (Wildman–Crippen MR) is 66.3 cm³/mol. The number of non-ortho nitro benzene ring substituents is 2. The normalized spacial score (nSPS) is 9.89. The summed E-state index contributed by atoms with van der Waals surface area (Å²) in [7, 11) is 0. The third-order valence-electron chi connectivity index (χ3n) is 2.31. The lowest BCUT2D eigenvalue weighted by atomic mass is 10.3. The van der Waals surface area contributed by atoms with Crippen LogP contribution in [0.15, 0.2) is 48.5 Å². The van der Waals surface area contributed by atoms with E-state index in [1.54, 1.807) is 6.07 Å². The van der Waals surface area contributed by atoms with Gasteiger partial charge in [0.1, 0.15) is 11.5 Å². The first-order valence-electron chi connectivity index (χ1n) is 5.23. The van der Waals surface area contributed by atoms with E-state index in [0.717, 1.165) is 0 Å². The van der Waals surface area contributed by atoms with Crippen molar-refractivity contribution in [2.75, 3.05) is 0 Å². The second-order valence-corrected chi connectivity index (χ2v) is 3.61. The molecule has 0 bridgehead atoms. The fourth-order valence-corrected chi connectivity index (χ4v) is 1.43. The van der Waals surface area contributed by atoms with Crippen LogP contribution in [0.3, 0.4) is 0 Å². The minimum atomic E-state index is -0.525. The number of ether oxygens (including phenoxy) is 1. The van der Waals surface area contributed by atoms with Crippen LogP contribution in [0.4, 0.5) is 11.4 Å². The molecule has 2 aromatic rings. The highest BCUT2D eigenvalue weighted by atomic mass is 16.6. The summed E-state index contributed by atoms with van der Waals surface area (Å²) in [6, 6.07) is 11.1. The summed E-state index contributed by atoms with van der Waals surface area (Å²) >= 11 is 0. The van der Waals surface area contributed by atoms with Crippen LogP contribution in [0.2, 0.25) is 0 Å². The largest absolute Gasteiger partial charge is 0.457 e. The SMILES string of the molecule is O=[N+]([O-])c1ccc(Oc2cccc([N+](=O)[O-])c2)cc1. The number of hydrogen-bond donors (Lipinski definition) is 0. The monoisotopic (exact) mass is 260 g/mol. The topological polar surface area (TPSA) is 95.5 Å². The average molecular weight is 260 g/mol. The second kappa shape index (κ2) is 5.13. The Balaban J connectivity index is 2.19. The zero-order valence-corrected chi connectivity index (χ0v) is 9.55. The maximum atomic E-state index is 10.6. The Morgan fingerprint density at radius 2 is 1.42 bits per heavy atom. The molecule has 0 fully saturated rings. The summed E-state index contributed by atoms with van der Waals surface area (Å²) in [6.45, 7) is 0. The Bertz CT molecular complexity index is 624. The molecule has 0 saturated carbocycles. The van der Waals surface area contributed by atoms with Gasteiger partial charge in [-0.25, -0.2) is 0 Å². The zero-order chi connectivity index (χ0) is 13.8. The minimum absolute atomic E-state index is 0.0496. The lowest BCUT2D eigenvalue weighted by molar-refractivity contribution is -0.385. The Morgan fingerprint density at radius 3 is 2.00 bits per heavy atom. The highest BCUT2D eigenvalue weighted by Gasteiger charge is 2.08. The van der Waals surface area contributed by atoms with Crippen molar-refractivity contribution >= 4 is 11.4 Å². The molecule has 0 N–H and O–H groups in total. The number of hydrogen-bond acceptors (Lipinski definition) is 5. The van der Waals surface area contributed by atoms with Crippen LogP contribution in [0, 0.1) is 20.2 Å². The van der Waals surface area contributed by atoms with Crippen molar-refractivity contribution < 1.29 is 14.6 Å². The van der Waals surface area contributed by atoms with Crippen LogP contribution in [0.25, 0.3) is 0 Å². The van der Waals surface area contributed by atoms with Gasteiger partial charge in [-0.3, -0.25) is 20.2 Å². The van der Waals surface area contributed by atoms with Crippen molar-refractivity contribution in [2.24, 2.45) is 0 Å². The van der Waals surface area contributed by atoms with E-state index in [2.05, 4.69) is 0 Å². The van der Waals surface area contributed by atoms with E-state index in [9.17, 15) is 20.2 Å². The lowest BCUT2D eigenvalue weighted by Gasteiger charge is -2.04. The smallest absolute Gasteiger partial charge is 0.273 e. The molecule has 7 heteroatoms. The van der Waals surface area contributed by atoms with Gasteiger partial charge in [0.2, 0.25) is 0 Å². The predicted octanol–water partition coefficient (Wildman–Crippen LogP) is 3.30. The maximum absolute atomic E-state index is 10.6. The van der Waals surface area contributed by atoms with Crippen LogP contribution < -0.4 is 4.74 Å². The molecule has 2 aromatic carbocycles. The fraction of sp³-hybridized carbons (Fsp3) is 0. The molecule has 0 radical (unpaired) electrons. The van der Waals surface area contributed by atoms with Gasteiger partial charge in [0.25, 0.3) is 11.4 Å². The molecule has 0 aromatic heterocycles. The van der Waals surface area contributed by atoms with Gasteiger partial charge in [0.05, 0.1) is 15.9 Å². The molecule has 0 aliphatic rings. The summed E-state index contributed by atoms with van der Waals surface area (Å²) in [5, 5.41) is 21.1. The molecule has 2 rings (SSSR count). The van der Waals surface area contributed by atoms with E-state index in [-0.39, 0.29) is 11.4 Å². The second-order valence-electron chi connectivity index (χ2n) is 3.61. The minimum Gasteiger partial charge on any atom is -0.457 e. The van der Waals surface area contributed by atoms with Crippen LogP contribution in [0.1, 0.15) is 0 Å². The molecular weight excluding hydrogens is 252 g/mol. The summed E-state index contributed by atoms with van der Waals surface area (Å²) in [6.07, 6.45) is 0. The molecule has 7 nitrogen and oxygen atoms in total. The van der Waals surface area contributed by atoms with Crippen LogP contribution in [0.5, 0.6) is 11.5 Å². The molecule has 0 atom stereocenters. The molecule has 0 unspecified atom stereocenters. The van der Waals surface area contributed by atoms with Crippen molar-refractivity contribution in [3.05, 3.63) is 68.8 Å². The number of nitro groups is 2. The van der Waals surface area contributed by atoms with E-state index in [0.29, 0.717) is 11.5 Å². The third kappa shape index (κ3) is 3.03. The van der Waals surface area contributed by atoms with Gasteiger partial charge < -0.3 is 4.74 Å². The van der Waals surface area contributed by atoms with Gasteiger partial charge in [-0.1, -0.05) is 6.07 Å². The van der Waals surface area contributed by atoms with Crippen LogP contribution in [-0.2, 0) is 0 Å². The van der Waals surface area contributed by atoms with Gasteiger partial charge in [-0.2, -0.15) is 0 Å². The van der Waals surface area contributed by atoms with Gasteiger partial charge in [-0.15, -0.1) is 0 Å². The van der Waals surface area contributed by atoms with Gasteiger partial charge in [-0.05, 0) is 18.2 Å². The lowest BCUT2D eigenvalue weighted by Crippen LogP contribution is -1.90. The molecule has 0 heterocycles.